The topological polar surface area (TPSA) is 78.7 Å². The highest BCUT2D eigenvalue weighted by atomic mass is 35.5. The summed E-state index contributed by atoms with van der Waals surface area (Å²) in [7, 11) is 0. The molecule has 1 unspecified atom stereocenters. The van der Waals surface area contributed by atoms with Gasteiger partial charge in [-0.05, 0) is 63.4 Å². The van der Waals surface area contributed by atoms with Crippen molar-refractivity contribution in [2.75, 3.05) is 26.2 Å². The van der Waals surface area contributed by atoms with E-state index in [2.05, 4.69) is 10.00 Å². The molecule has 32 heavy (non-hydrogen) atoms. The zero-order valence-electron chi connectivity index (χ0n) is 18.2. The molecule has 1 N–H and O–H groups in total. The van der Waals surface area contributed by atoms with E-state index in [0.29, 0.717) is 49.6 Å². The van der Waals surface area contributed by atoms with Crippen LogP contribution in [0, 0.1) is 18.7 Å². The molecule has 0 saturated carbocycles. The zero-order chi connectivity index (χ0) is 22.8. The average molecular weight is 463 g/mol. The van der Waals surface area contributed by atoms with Gasteiger partial charge >= 0.3 is 5.97 Å². The van der Waals surface area contributed by atoms with Crippen LogP contribution in [0.1, 0.15) is 41.8 Å². The molecule has 2 aliphatic heterocycles. The second-order valence-electron chi connectivity index (χ2n) is 8.71. The average Bonchev–Trinajstić information content (AvgIpc) is 2.90. The summed E-state index contributed by atoms with van der Waals surface area (Å²) >= 11 is 5.87. The molecule has 1 atom stereocenters. The van der Waals surface area contributed by atoms with Gasteiger partial charge in [0.05, 0.1) is 36.9 Å². The molecular formula is C23H28ClFN4O3. The number of carbonyl (C=O) groups excluding carboxylic acids is 1. The number of carboxylic acid groups (broad SMARTS) is 1. The van der Waals surface area contributed by atoms with Crippen molar-refractivity contribution in [3.8, 4) is 0 Å². The number of nitrogens with zero attached hydrogens (tertiary/aromatic N) is 4. The van der Waals surface area contributed by atoms with Crippen LogP contribution >= 0.6 is 11.6 Å². The summed E-state index contributed by atoms with van der Waals surface area (Å²) in [4.78, 5) is 28.2. The lowest BCUT2D eigenvalue weighted by atomic mass is 10.0. The van der Waals surface area contributed by atoms with Gasteiger partial charge in [-0.25, -0.2) is 4.39 Å². The standard InChI is InChI=1S/C23H28ClFN4O3/c1-15-19-7-10-28(22(30)14-27-8-2-3-16(6-9-27)23(31)32)13-21(19)29(26-15)12-17-4-5-18(24)11-20(17)25/h4-5,11,16H,2-3,6-10,12-14H2,1H3,(H,31,32). The fraction of sp³-hybridized carbons (Fsp3) is 0.522. The smallest absolute Gasteiger partial charge is 0.306 e. The summed E-state index contributed by atoms with van der Waals surface area (Å²) in [5, 5.41) is 14.2. The minimum absolute atomic E-state index is 0.0347. The van der Waals surface area contributed by atoms with Crippen LogP contribution in [0.15, 0.2) is 18.2 Å². The van der Waals surface area contributed by atoms with E-state index in [1.807, 2.05) is 11.8 Å². The van der Waals surface area contributed by atoms with Crippen molar-refractivity contribution in [2.24, 2.45) is 5.92 Å². The molecule has 1 amide bonds. The number of fused-ring (bicyclic) bond motifs is 1. The van der Waals surface area contributed by atoms with Gasteiger partial charge in [-0.2, -0.15) is 5.10 Å². The number of hydrogen-bond donors (Lipinski definition) is 1. The van der Waals surface area contributed by atoms with Gasteiger partial charge in [0.25, 0.3) is 0 Å². The Morgan fingerprint density at radius 1 is 1.25 bits per heavy atom. The molecule has 1 saturated heterocycles. The first-order chi connectivity index (χ1) is 15.3. The Bertz CT molecular complexity index is 1020. The SMILES string of the molecule is Cc1nn(Cc2ccc(Cl)cc2F)c2c1CCN(C(=O)CN1CCCC(C(=O)O)CC1)C2. The molecule has 9 heteroatoms. The van der Waals surface area contributed by atoms with Crippen molar-refractivity contribution >= 4 is 23.5 Å². The van der Waals surface area contributed by atoms with Gasteiger partial charge < -0.3 is 10.0 Å². The third kappa shape index (κ3) is 4.96. The Morgan fingerprint density at radius 3 is 2.81 bits per heavy atom. The van der Waals surface area contributed by atoms with Gasteiger partial charge in [-0.3, -0.25) is 19.2 Å². The van der Waals surface area contributed by atoms with Crippen molar-refractivity contribution < 1.29 is 19.1 Å². The molecule has 172 valence electrons. The van der Waals surface area contributed by atoms with Gasteiger partial charge in [0, 0.05) is 17.1 Å². The Balaban J connectivity index is 1.43. The number of aromatic nitrogens is 2. The summed E-state index contributed by atoms with van der Waals surface area (Å²) in [6, 6.07) is 4.62. The van der Waals surface area contributed by atoms with Crippen molar-refractivity contribution in [2.45, 2.75) is 45.7 Å². The maximum atomic E-state index is 14.3. The van der Waals surface area contributed by atoms with Crippen LogP contribution < -0.4 is 0 Å². The molecule has 0 radical (unpaired) electrons. The molecular weight excluding hydrogens is 435 g/mol. The second-order valence-corrected chi connectivity index (χ2v) is 9.15. The number of amides is 1. The van der Waals surface area contributed by atoms with E-state index in [4.69, 9.17) is 11.6 Å². The third-order valence-electron chi connectivity index (χ3n) is 6.56. The summed E-state index contributed by atoms with van der Waals surface area (Å²) < 4.78 is 16.1. The Morgan fingerprint density at radius 2 is 2.06 bits per heavy atom. The lowest BCUT2D eigenvalue weighted by molar-refractivity contribution is -0.142. The molecule has 2 aromatic rings. The molecule has 2 aliphatic rings. The molecule has 1 aromatic heterocycles. The van der Waals surface area contributed by atoms with E-state index >= 15 is 0 Å². The highest BCUT2D eigenvalue weighted by Crippen LogP contribution is 2.25. The number of carboxylic acids is 1. The lowest BCUT2D eigenvalue weighted by Gasteiger charge is -2.30. The van der Waals surface area contributed by atoms with E-state index in [9.17, 15) is 19.1 Å². The summed E-state index contributed by atoms with van der Waals surface area (Å²) in [6.45, 7) is 4.94. The fourth-order valence-electron chi connectivity index (χ4n) is 4.68. The van der Waals surface area contributed by atoms with Gasteiger partial charge in [0.15, 0.2) is 0 Å². The number of likely N-dealkylation sites (tertiary alicyclic amines) is 1. The first-order valence-electron chi connectivity index (χ1n) is 11.0. The Hall–Kier alpha value is -2.45. The van der Waals surface area contributed by atoms with Crippen LogP contribution in [0.2, 0.25) is 5.02 Å². The molecule has 0 aliphatic carbocycles. The van der Waals surface area contributed by atoms with Crippen molar-refractivity contribution in [3.63, 3.8) is 0 Å². The van der Waals surface area contributed by atoms with Crippen molar-refractivity contribution in [1.29, 1.82) is 0 Å². The Kier molecular flexibility index (Phi) is 6.81. The number of halogens is 2. The molecule has 3 heterocycles. The highest BCUT2D eigenvalue weighted by Gasteiger charge is 2.29. The molecule has 0 spiro atoms. The predicted octanol–water partition coefficient (Wildman–Crippen LogP) is 3.10. The molecule has 4 rings (SSSR count). The van der Waals surface area contributed by atoms with E-state index in [1.54, 1.807) is 16.8 Å². The van der Waals surface area contributed by atoms with Crippen LogP contribution in [0.4, 0.5) is 4.39 Å². The maximum absolute atomic E-state index is 14.3. The number of carbonyl (C=O) groups is 2. The Labute approximate surface area is 191 Å². The molecule has 0 bridgehead atoms. The van der Waals surface area contributed by atoms with Crippen LogP contribution in [-0.4, -0.2) is 62.7 Å². The first kappa shape index (κ1) is 22.7. The van der Waals surface area contributed by atoms with Crippen LogP contribution in [-0.2, 0) is 29.1 Å². The van der Waals surface area contributed by atoms with Crippen molar-refractivity contribution in [3.05, 3.63) is 51.6 Å². The summed E-state index contributed by atoms with van der Waals surface area (Å²) in [6.07, 6.45) is 2.74. The van der Waals surface area contributed by atoms with Crippen LogP contribution in [0.5, 0.6) is 0 Å². The number of aliphatic carboxylic acids is 1. The normalized spacial score (nSPS) is 19.5. The quantitative estimate of drug-likeness (QED) is 0.738. The summed E-state index contributed by atoms with van der Waals surface area (Å²) in [5.74, 6) is -1.41. The largest absolute Gasteiger partial charge is 0.481 e. The van der Waals surface area contributed by atoms with Gasteiger partial charge in [0.1, 0.15) is 5.82 Å². The number of aryl methyl sites for hydroxylation is 1. The number of benzene rings is 1. The summed E-state index contributed by atoms with van der Waals surface area (Å²) in [5.41, 5.74) is 3.48. The minimum atomic E-state index is -0.748. The fourth-order valence-corrected chi connectivity index (χ4v) is 4.84. The van der Waals surface area contributed by atoms with E-state index in [-0.39, 0.29) is 24.2 Å². The molecule has 1 fully saturated rings. The van der Waals surface area contributed by atoms with Crippen molar-refractivity contribution in [1.82, 2.24) is 19.6 Å². The molecule has 7 nitrogen and oxygen atoms in total. The van der Waals surface area contributed by atoms with Crippen LogP contribution in [0.25, 0.3) is 0 Å². The van der Waals surface area contributed by atoms with Gasteiger partial charge in [0.2, 0.25) is 5.91 Å². The molecule has 1 aromatic carbocycles. The second kappa shape index (κ2) is 9.58. The minimum Gasteiger partial charge on any atom is -0.481 e. The highest BCUT2D eigenvalue weighted by molar-refractivity contribution is 6.30. The maximum Gasteiger partial charge on any atom is 0.306 e. The first-order valence-corrected chi connectivity index (χ1v) is 11.4. The van der Waals surface area contributed by atoms with E-state index < -0.39 is 5.97 Å². The third-order valence-corrected chi connectivity index (χ3v) is 6.79. The number of rotatable bonds is 5. The van der Waals surface area contributed by atoms with Crippen LogP contribution in [0.3, 0.4) is 0 Å². The lowest BCUT2D eigenvalue weighted by Crippen LogP contribution is -2.43. The monoisotopic (exact) mass is 462 g/mol. The predicted molar refractivity (Wildman–Crippen MR) is 118 cm³/mol. The van der Waals surface area contributed by atoms with Gasteiger partial charge in [-0.15, -0.1) is 0 Å². The van der Waals surface area contributed by atoms with E-state index in [0.717, 1.165) is 36.3 Å². The zero-order valence-corrected chi connectivity index (χ0v) is 18.9. The van der Waals surface area contributed by atoms with E-state index in [1.165, 1.54) is 6.07 Å². The number of hydrogen-bond acceptors (Lipinski definition) is 4. The van der Waals surface area contributed by atoms with Gasteiger partial charge in [-0.1, -0.05) is 17.7 Å².